The van der Waals surface area contributed by atoms with Gasteiger partial charge in [-0.15, -0.1) is 0 Å². The van der Waals surface area contributed by atoms with Gasteiger partial charge in [0.2, 0.25) is 0 Å². The SMILES string of the molecule is CC(Oc1ccc(C#N)c(C(F)(F)F)c1)c1cccc(Cl)c1. The number of hydrogen-bond acceptors (Lipinski definition) is 2. The van der Waals surface area contributed by atoms with Gasteiger partial charge in [-0.05, 0) is 42.8 Å². The van der Waals surface area contributed by atoms with Crippen molar-refractivity contribution in [2.75, 3.05) is 0 Å². The van der Waals surface area contributed by atoms with Crippen LogP contribution < -0.4 is 4.74 Å². The van der Waals surface area contributed by atoms with E-state index in [1.54, 1.807) is 31.2 Å². The lowest BCUT2D eigenvalue weighted by Crippen LogP contribution is -2.09. The normalized spacial score (nSPS) is 12.5. The molecule has 0 fully saturated rings. The van der Waals surface area contributed by atoms with E-state index in [9.17, 15) is 13.2 Å². The minimum Gasteiger partial charge on any atom is -0.486 e. The predicted molar refractivity (Wildman–Crippen MR) is 76.7 cm³/mol. The minimum atomic E-state index is -4.61. The van der Waals surface area contributed by atoms with Gasteiger partial charge in [0.1, 0.15) is 11.9 Å². The highest BCUT2D eigenvalue weighted by atomic mass is 35.5. The maximum atomic E-state index is 12.9. The second kappa shape index (κ2) is 6.29. The fourth-order valence-electron chi connectivity index (χ4n) is 1.96. The third-order valence-electron chi connectivity index (χ3n) is 3.05. The van der Waals surface area contributed by atoms with E-state index < -0.39 is 23.4 Å². The van der Waals surface area contributed by atoms with Gasteiger partial charge in [0.15, 0.2) is 0 Å². The molecule has 0 bridgehead atoms. The number of alkyl halides is 3. The van der Waals surface area contributed by atoms with E-state index in [2.05, 4.69) is 0 Å². The van der Waals surface area contributed by atoms with E-state index in [1.807, 2.05) is 0 Å². The van der Waals surface area contributed by atoms with E-state index in [4.69, 9.17) is 21.6 Å². The Hall–Kier alpha value is -2.19. The molecule has 2 aromatic carbocycles. The number of ether oxygens (including phenoxy) is 1. The highest BCUT2D eigenvalue weighted by Crippen LogP contribution is 2.35. The van der Waals surface area contributed by atoms with E-state index in [-0.39, 0.29) is 5.75 Å². The summed E-state index contributed by atoms with van der Waals surface area (Å²) in [6.45, 7) is 1.71. The van der Waals surface area contributed by atoms with E-state index in [0.717, 1.165) is 17.7 Å². The number of halogens is 4. The molecule has 0 saturated carbocycles. The monoisotopic (exact) mass is 325 g/mol. The molecule has 22 heavy (non-hydrogen) atoms. The molecule has 0 spiro atoms. The summed E-state index contributed by atoms with van der Waals surface area (Å²) >= 11 is 5.88. The van der Waals surface area contributed by atoms with Crippen molar-refractivity contribution in [2.24, 2.45) is 0 Å². The van der Waals surface area contributed by atoms with Crippen molar-refractivity contribution < 1.29 is 17.9 Å². The van der Waals surface area contributed by atoms with Gasteiger partial charge in [-0.2, -0.15) is 18.4 Å². The molecule has 1 unspecified atom stereocenters. The van der Waals surface area contributed by atoms with Crippen molar-refractivity contribution >= 4 is 11.6 Å². The first-order valence-electron chi connectivity index (χ1n) is 6.34. The molecule has 0 heterocycles. The summed E-state index contributed by atoms with van der Waals surface area (Å²) < 4.78 is 44.2. The maximum Gasteiger partial charge on any atom is 0.417 e. The molecule has 0 aromatic heterocycles. The van der Waals surface area contributed by atoms with Crippen LogP contribution in [0.2, 0.25) is 5.02 Å². The van der Waals surface area contributed by atoms with Crippen LogP contribution in [0.5, 0.6) is 5.75 Å². The molecule has 114 valence electrons. The molecular weight excluding hydrogens is 315 g/mol. The fraction of sp³-hybridized carbons (Fsp3) is 0.188. The summed E-state index contributed by atoms with van der Waals surface area (Å²) in [5.41, 5.74) is -0.702. The first-order valence-corrected chi connectivity index (χ1v) is 6.72. The average molecular weight is 326 g/mol. The van der Waals surface area contributed by atoms with E-state index in [0.29, 0.717) is 5.02 Å². The Morgan fingerprint density at radius 3 is 2.50 bits per heavy atom. The van der Waals surface area contributed by atoms with Crippen LogP contribution in [0, 0.1) is 11.3 Å². The van der Waals surface area contributed by atoms with Crippen LogP contribution in [-0.2, 0) is 6.18 Å². The third kappa shape index (κ3) is 3.71. The number of rotatable bonds is 3. The average Bonchev–Trinajstić information content (AvgIpc) is 2.46. The van der Waals surface area contributed by atoms with E-state index >= 15 is 0 Å². The predicted octanol–water partition coefficient (Wildman–Crippen LogP) is 5.37. The lowest BCUT2D eigenvalue weighted by molar-refractivity contribution is -0.137. The van der Waals surface area contributed by atoms with Gasteiger partial charge in [0, 0.05) is 5.02 Å². The third-order valence-corrected chi connectivity index (χ3v) is 3.28. The van der Waals surface area contributed by atoms with Crippen molar-refractivity contribution in [3.63, 3.8) is 0 Å². The molecule has 2 aromatic rings. The summed E-state index contributed by atoms with van der Waals surface area (Å²) in [4.78, 5) is 0. The molecule has 2 nitrogen and oxygen atoms in total. The zero-order chi connectivity index (χ0) is 16.3. The molecule has 6 heteroatoms. The van der Waals surface area contributed by atoms with Gasteiger partial charge in [-0.25, -0.2) is 0 Å². The van der Waals surface area contributed by atoms with Gasteiger partial charge in [-0.1, -0.05) is 23.7 Å². The molecule has 0 radical (unpaired) electrons. The van der Waals surface area contributed by atoms with Crippen LogP contribution in [0.1, 0.15) is 29.7 Å². The van der Waals surface area contributed by atoms with Crippen LogP contribution in [0.3, 0.4) is 0 Å². The van der Waals surface area contributed by atoms with Crippen molar-refractivity contribution in [3.05, 3.63) is 64.2 Å². The Kier molecular flexibility index (Phi) is 4.62. The van der Waals surface area contributed by atoms with Crippen molar-refractivity contribution in [3.8, 4) is 11.8 Å². The lowest BCUT2D eigenvalue weighted by atomic mass is 10.1. The number of nitrogens with zero attached hydrogens (tertiary/aromatic N) is 1. The topological polar surface area (TPSA) is 33.0 Å². The quantitative estimate of drug-likeness (QED) is 0.760. The maximum absolute atomic E-state index is 12.9. The number of hydrogen-bond donors (Lipinski definition) is 0. The van der Waals surface area contributed by atoms with Crippen molar-refractivity contribution in [1.82, 2.24) is 0 Å². The highest BCUT2D eigenvalue weighted by molar-refractivity contribution is 6.30. The summed E-state index contributed by atoms with van der Waals surface area (Å²) in [5.74, 6) is 0.0406. The van der Waals surface area contributed by atoms with Crippen molar-refractivity contribution in [1.29, 1.82) is 5.26 Å². The van der Waals surface area contributed by atoms with Gasteiger partial charge in [0.05, 0.1) is 17.2 Å². The Bertz CT molecular complexity index is 722. The Balaban J connectivity index is 2.29. The lowest BCUT2D eigenvalue weighted by Gasteiger charge is -2.17. The van der Waals surface area contributed by atoms with Crippen LogP contribution in [0.4, 0.5) is 13.2 Å². The second-order valence-corrected chi connectivity index (χ2v) is 5.07. The minimum absolute atomic E-state index is 0.0406. The Morgan fingerprint density at radius 2 is 1.91 bits per heavy atom. The Labute approximate surface area is 130 Å². The molecule has 0 aliphatic heterocycles. The molecule has 1 atom stereocenters. The molecule has 0 aliphatic carbocycles. The molecule has 2 rings (SSSR count). The largest absolute Gasteiger partial charge is 0.486 e. The summed E-state index contributed by atoms with van der Waals surface area (Å²) in [5, 5.41) is 9.27. The van der Waals surface area contributed by atoms with Crippen LogP contribution in [0.25, 0.3) is 0 Å². The van der Waals surface area contributed by atoms with Gasteiger partial charge >= 0.3 is 6.18 Å². The smallest absolute Gasteiger partial charge is 0.417 e. The van der Waals surface area contributed by atoms with Gasteiger partial charge in [-0.3, -0.25) is 0 Å². The highest BCUT2D eigenvalue weighted by Gasteiger charge is 2.34. The summed E-state index contributed by atoms with van der Waals surface area (Å²) in [7, 11) is 0. The first-order chi connectivity index (χ1) is 10.3. The zero-order valence-electron chi connectivity index (χ0n) is 11.5. The molecule has 0 aliphatic rings. The number of benzene rings is 2. The van der Waals surface area contributed by atoms with Gasteiger partial charge < -0.3 is 4.74 Å². The van der Waals surface area contributed by atoms with Crippen LogP contribution in [0.15, 0.2) is 42.5 Å². The summed E-state index contributed by atoms with van der Waals surface area (Å²) in [6, 6.07) is 11.7. The summed E-state index contributed by atoms with van der Waals surface area (Å²) in [6.07, 6.45) is -5.09. The zero-order valence-corrected chi connectivity index (χ0v) is 12.2. The van der Waals surface area contributed by atoms with E-state index in [1.165, 1.54) is 12.1 Å². The molecule has 0 N–H and O–H groups in total. The van der Waals surface area contributed by atoms with Crippen molar-refractivity contribution in [2.45, 2.75) is 19.2 Å². The van der Waals surface area contributed by atoms with Gasteiger partial charge in [0.25, 0.3) is 0 Å². The molecular formula is C16H11ClF3NO. The van der Waals surface area contributed by atoms with Crippen LogP contribution in [-0.4, -0.2) is 0 Å². The molecule has 0 saturated heterocycles. The number of nitriles is 1. The Morgan fingerprint density at radius 1 is 1.18 bits per heavy atom. The standard InChI is InChI=1S/C16H11ClF3NO/c1-10(11-3-2-4-13(17)7-11)22-14-6-5-12(9-21)15(8-14)16(18,19)20/h2-8,10H,1H3. The first kappa shape index (κ1) is 16.2. The fourth-order valence-corrected chi connectivity index (χ4v) is 2.16. The molecule has 0 amide bonds. The second-order valence-electron chi connectivity index (χ2n) is 4.63. The van der Waals surface area contributed by atoms with Crippen LogP contribution >= 0.6 is 11.6 Å².